The van der Waals surface area contributed by atoms with Crippen LogP contribution in [0.5, 0.6) is 5.75 Å². The van der Waals surface area contributed by atoms with Crippen LogP contribution in [0.3, 0.4) is 0 Å². The lowest BCUT2D eigenvalue weighted by molar-refractivity contribution is -0.137. The molecule has 1 heterocycles. The molecule has 1 aromatic carbocycles. The highest BCUT2D eigenvalue weighted by atomic mass is 79.9. The lowest BCUT2D eigenvalue weighted by atomic mass is 10.0. The molecule has 0 radical (unpaired) electrons. The van der Waals surface area contributed by atoms with E-state index in [9.17, 15) is 4.79 Å². The van der Waals surface area contributed by atoms with Crippen LogP contribution in [0, 0.1) is 0 Å². The minimum atomic E-state index is -0.721. The van der Waals surface area contributed by atoms with Crippen LogP contribution < -0.4 is 4.74 Å². The molecule has 1 saturated heterocycles. The Morgan fingerprint density at radius 2 is 2.35 bits per heavy atom. The van der Waals surface area contributed by atoms with E-state index < -0.39 is 5.97 Å². The molecule has 0 spiro atoms. The van der Waals surface area contributed by atoms with Crippen LogP contribution in [0.1, 0.15) is 37.3 Å². The number of carboxylic acid groups (broad SMARTS) is 1. The maximum Gasteiger partial charge on any atom is 0.303 e. The fourth-order valence-electron chi connectivity index (χ4n) is 2.84. The molecule has 0 aromatic heterocycles. The van der Waals surface area contributed by atoms with E-state index in [1.807, 2.05) is 12.1 Å². The van der Waals surface area contributed by atoms with Crippen molar-refractivity contribution in [2.24, 2.45) is 0 Å². The average molecular weight is 342 g/mol. The van der Waals surface area contributed by atoms with Gasteiger partial charge in [0.05, 0.1) is 7.11 Å². The van der Waals surface area contributed by atoms with E-state index in [2.05, 4.69) is 26.9 Å². The van der Waals surface area contributed by atoms with Gasteiger partial charge in [-0.1, -0.05) is 15.9 Å². The van der Waals surface area contributed by atoms with Gasteiger partial charge in [0.25, 0.3) is 0 Å². The Bertz CT molecular complexity index is 478. The highest BCUT2D eigenvalue weighted by Gasteiger charge is 2.28. The van der Waals surface area contributed by atoms with Gasteiger partial charge in [-0.2, -0.15) is 0 Å². The number of methoxy groups -OCH3 is 1. The molecule has 0 aliphatic carbocycles. The summed E-state index contributed by atoms with van der Waals surface area (Å²) in [6.07, 6.45) is 3.17. The molecule has 0 bridgehead atoms. The molecular formula is C15H20BrNO3. The molecule has 1 aliphatic heterocycles. The quantitative estimate of drug-likeness (QED) is 0.860. The average Bonchev–Trinajstić information content (AvgIpc) is 2.86. The lowest BCUT2D eigenvalue weighted by Gasteiger charge is -2.26. The monoisotopic (exact) mass is 341 g/mol. The standard InChI is InChI=1S/C15H20BrNO3/c1-20-14-7-6-11(16)10-12(14)13-4-2-8-17(13)9-3-5-15(18)19/h6-7,10,13H,2-5,8-9H2,1H3,(H,18,19)/t13-/m0/s1. The molecule has 2 rings (SSSR count). The lowest BCUT2D eigenvalue weighted by Crippen LogP contribution is -2.25. The number of carboxylic acids is 1. The molecule has 4 nitrogen and oxygen atoms in total. The third-order valence-corrected chi connectivity index (χ3v) is 4.24. The number of rotatable bonds is 6. The highest BCUT2D eigenvalue weighted by molar-refractivity contribution is 9.10. The number of nitrogens with zero attached hydrogens (tertiary/aromatic N) is 1. The predicted octanol–water partition coefficient (Wildman–Crippen LogP) is 3.46. The molecule has 0 saturated carbocycles. The third kappa shape index (κ3) is 3.73. The first-order valence-electron chi connectivity index (χ1n) is 6.91. The second-order valence-corrected chi connectivity index (χ2v) is 5.99. The number of carbonyl (C=O) groups is 1. The maximum atomic E-state index is 10.6. The van der Waals surface area contributed by atoms with E-state index in [1.165, 1.54) is 5.56 Å². The first-order valence-corrected chi connectivity index (χ1v) is 7.70. The van der Waals surface area contributed by atoms with Gasteiger partial charge in [-0.3, -0.25) is 9.69 Å². The van der Waals surface area contributed by atoms with Crippen LogP contribution in [-0.2, 0) is 4.79 Å². The van der Waals surface area contributed by atoms with Gasteiger partial charge in [0.15, 0.2) is 0 Å². The molecular weight excluding hydrogens is 322 g/mol. The second kappa shape index (κ2) is 7.09. The summed E-state index contributed by atoms with van der Waals surface area (Å²) in [5.41, 5.74) is 1.19. The van der Waals surface area contributed by atoms with Crippen molar-refractivity contribution in [3.63, 3.8) is 0 Å². The van der Waals surface area contributed by atoms with Crippen molar-refractivity contribution in [3.05, 3.63) is 28.2 Å². The van der Waals surface area contributed by atoms with Crippen molar-refractivity contribution in [1.82, 2.24) is 4.90 Å². The maximum absolute atomic E-state index is 10.6. The summed E-state index contributed by atoms with van der Waals surface area (Å²) in [5.74, 6) is 0.184. The zero-order chi connectivity index (χ0) is 14.5. The van der Waals surface area contributed by atoms with Crippen molar-refractivity contribution in [2.75, 3.05) is 20.2 Å². The molecule has 20 heavy (non-hydrogen) atoms. The number of hydrogen-bond donors (Lipinski definition) is 1. The molecule has 1 N–H and O–H groups in total. The Morgan fingerprint density at radius 1 is 1.55 bits per heavy atom. The Balaban J connectivity index is 2.10. The summed E-state index contributed by atoms with van der Waals surface area (Å²) < 4.78 is 6.51. The Labute approximate surface area is 127 Å². The highest BCUT2D eigenvalue weighted by Crippen LogP contribution is 2.38. The van der Waals surface area contributed by atoms with E-state index in [4.69, 9.17) is 9.84 Å². The van der Waals surface area contributed by atoms with Crippen LogP contribution >= 0.6 is 15.9 Å². The van der Waals surface area contributed by atoms with Crippen molar-refractivity contribution in [2.45, 2.75) is 31.7 Å². The topological polar surface area (TPSA) is 49.8 Å². The van der Waals surface area contributed by atoms with Gasteiger partial charge >= 0.3 is 5.97 Å². The number of hydrogen-bond acceptors (Lipinski definition) is 3. The Morgan fingerprint density at radius 3 is 3.05 bits per heavy atom. The van der Waals surface area contributed by atoms with Gasteiger partial charge in [0, 0.05) is 22.5 Å². The number of ether oxygens (including phenoxy) is 1. The summed E-state index contributed by atoms with van der Waals surface area (Å²) in [6.45, 7) is 1.85. The van der Waals surface area contributed by atoms with Gasteiger partial charge in [-0.05, 0) is 50.6 Å². The van der Waals surface area contributed by atoms with Crippen LogP contribution in [-0.4, -0.2) is 36.2 Å². The van der Waals surface area contributed by atoms with Crippen molar-refractivity contribution < 1.29 is 14.6 Å². The van der Waals surface area contributed by atoms with Crippen molar-refractivity contribution in [3.8, 4) is 5.75 Å². The van der Waals surface area contributed by atoms with Gasteiger partial charge in [-0.15, -0.1) is 0 Å². The summed E-state index contributed by atoms with van der Waals surface area (Å²) >= 11 is 3.51. The summed E-state index contributed by atoms with van der Waals surface area (Å²) in [5, 5.41) is 8.74. The van der Waals surface area contributed by atoms with Crippen molar-refractivity contribution >= 4 is 21.9 Å². The normalized spacial score (nSPS) is 19.2. The van der Waals surface area contributed by atoms with E-state index >= 15 is 0 Å². The number of benzene rings is 1. The number of aliphatic carboxylic acids is 1. The fraction of sp³-hybridized carbons (Fsp3) is 0.533. The Kier molecular flexibility index (Phi) is 5.43. The molecule has 0 unspecified atom stereocenters. The molecule has 1 fully saturated rings. The predicted molar refractivity (Wildman–Crippen MR) is 81.1 cm³/mol. The summed E-state index contributed by atoms with van der Waals surface area (Å²) in [6, 6.07) is 6.40. The third-order valence-electron chi connectivity index (χ3n) is 3.75. The van der Waals surface area contributed by atoms with Gasteiger partial charge < -0.3 is 9.84 Å². The van der Waals surface area contributed by atoms with Crippen LogP contribution in [0.25, 0.3) is 0 Å². The summed E-state index contributed by atoms with van der Waals surface area (Å²) in [7, 11) is 1.69. The largest absolute Gasteiger partial charge is 0.496 e. The first-order chi connectivity index (χ1) is 9.61. The van der Waals surface area contributed by atoms with E-state index in [0.717, 1.165) is 36.2 Å². The SMILES string of the molecule is COc1ccc(Br)cc1[C@@H]1CCCN1CCCC(=O)O. The molecule has 0 amide bonds. The minimum Gasteiger partial charge on any atom is -0.496 e. The van der Waals surface area contributed by atoms with E-state index in [1.54, 1.807) is 7.11 Å². The molecule has 1 aliphatic rings. The first kappa shape index (κ1) is 15.3. The van der Waals surface area contributed by atoms with Crippen LogP contribution in [0.15, 0.2) is 22.7 Å². The Hall–Kier alpha value is -1.07. The van der Waals surface area contributed by atoms with Gasteiger partial charge in [-0.25, -0.2) is 0 Å². The van der Waals surface area contributed by atoms with E-state index in [-0.39, 0.29) is 6.42 Å². The minimum absolute atomic E-state index is 0.235. The summed E-state index contributed by atoms with van der Waals surface area (Å²) in [4.78, 5) is 13.0. The zero-order valence-electron chi connectivity index (χ0n) is 11.6. The van der Waals surface area contributed by atoms with Crippen LogP contribution in [0.4, 0.5) is 0 Å². The zero-order valence-corrected chi connectivity index (χ0v) is 13.2. The smallest absolute Gasteiger partial charge is 0.303 e. The van der Waals surface area contributed by atoms with E-state index in [0.29, 0.717) is 12.5 Å². The molecule has 5 heteroatoms. The van der Waals surface area contributed by atoms with Crippen molar-refractivity contribution in [1.29, 1.82) is 0 Å². The van der Waals surface area contributed by atoms with Gasteiger partial charge in [0.1, 0.15) is 5.75 Å². The molecule has 110 valence electrons. The van der Waals surface area contributed by atoms with Crippen LogP contribution in [0.2, 0.25) is 0 Å². The molecule has 1 aromatic rings. The number of halogens is 1. The van der Waals surface area contributed by atoms with Gasteiger partial charge in [0.2, 0.25) is 0 Å². The number of likely N-dealkylation sites (tertiary alicyclic amines) is 1. The molecule has 1 atom stereocenters. The second-order valence-electron chi connectivity index (χ2n) is 5.08. The fourth-order valence-corrected chi connectivity index (χ4v) is 3.22.